The zero-order valence-corrected chi connectivity index (χ0v) is 12.8. The van der Waals surface area contributed by atoms with Crippen molar-refractivity contribution >= 4 is 23.2 Å². The lowest BCUT2D eigenvalue weighted by Crippen LogP contribution is -2.40. The SMILES string of the molecule is CCCC[C@H](NC(=O)c1csc(-c2cnccn2)n1)C(=O)O. The number of hydrogen-bond acceptors (Lipinski definition) is 6. The Balaban J connectivity index is 2.06. The molecule has 0 radical (unpaired) electrons. The minimum absolute atomic E-state index is 0.188. The number of hydrogen-bond donors (Lipinski definition) is 2. The molecule has 0 aliphatic rings. The van der Waals surface area contributed by atoms with E-state index in [-0.39, 0.29) is 5.69 Å². The highest BCUT2D eigenvalue weighted by Crippen LogP contribution is 2.20. The molecule has 0 saturated carbocycles. The van der Waals surface area contributed by atoms with Crippen LogP contribution in [-0.4, -0.2) is 38.0 Å². The molecule has 0 aromatic carbocycles. The molecule has 116 valence electrons. The second-order valence-electron chi connectivity index (χ2n) is 4.64. The van der Waals surface area contributed by atoms with Crippen LogP contribution < -0.4 is 5.32 Å². The first kappa shape index (κ1) is 16.0. The average molecular weight is 320 g/mol. The molecule has 0 spiro atoms. The predicted molar refractivity (Wildman–Crippen MR) is 81.6 cm³/mol. The molecule has 2 rings (SSSR count). The number of carboxylic acid groups (broad SMARTS) is 1. The maximum Gasteiger partial charge on any atom is 0.326 e. The Kier molecular flexibility index (Phi) is 5.54. The monoisotopic (exact) mass is 320 g/mol. The number of aliphatic carboxylic acids is 1. The molecule has 2 aromatic rings. The Labute approximate surface area is 131 Å². The first-order valence-corrected chi connectivity index (χ1v) is 7.75. The van der Waals surface area contributed by atoms with Gasteiger partial charge in [0.1, 0.15) is 22.4 Å². The van der Waals surface area contributed by atoms with Crippen molar-refractivity contribution in [1.29, 1.82) is 0 Å². The fraction of sp³-hybridized carbons (Fsp3) is 0.357. The van der Waals surface area contributed by atoms with Crippen LogP contribution in [0.5, 0.6) is 0 Å². The second-order valence-corrected chi connectivity index (χ2v) is 5.49. The van der Waals surface area contributed by atoms with Crippen LogP contribution in [0.3, 0.4) is 0 Å². The summed E-state index contributed by atoms with van der Waals surface area (Å²) in [4.78, 5) is 35.5. The molecule has 7 nitrogen and oxygen atoms in total. The van der Waals surface area contributed by atoms with E-state index in [0.29, 0.717) is 17.1 Å². The highest BCUT2D eigenvalue weighted by molar-refractivity contribution is 7.13. The van der Waals surface area contributed by atoms with Crippen LogP contribution in [0.1, 0.15) is 36.7 Å². The minimum Gasteiger partial charge on any atom is -0.480 e. The summed E-state index contributed by atoms with van der Waals surface area (Å²) in [5.41, 5.74) is 0.765. The fourth-order valence-corrected chi connectivity index (χ4v) is 2.56. The number of carbonyl (C=O) groups excluding carboxylic acids is 1. The van der Waals surface area contributed by atoms with E-state index >= 15 is 0 Å². The third-order valence-electron chi connectivity index (χ3n) is 2.97. The number of nitrogens with zero attached hydrogens (tertiary/aromatic N) is 3. The number of carboxylic acids is 1. The van der Waals surface area contributed by atoms with Crippen molar-refractivity contribution in [3.63, 3.8) is 0 Å². The Hall–Kier alpha value is -2.35. The van der Waals surface area contributed by atoms with Gasteiger partial charge in [0.05, 0.1) is 6.20 Å². The van der Waals surface area contributed by atoms with Crippen molar-refractivity contribution in [2.45, 2.75) is 32.2 Å². The van der Waals surface area contributed by atoms with Gasteiger partial charge in [0, 0.05) is 17.8 Å². The van der Waals surface area contributed by atoms with Crippen molar-refractivity contribution in [1.82, 2.24) is 20.3 Å². The van der Waals surface area contributed by atoms with Gasteiger partial charge in [0.2, 0.25) is 0 Å². The van der Waals surface area contributed by atoms with Gasteiger partial charge in [-0.2, -0.15) is 0 Å². The number of thiazole rings is 1. The van der Waals surface area contributed by atoms with Gasteiger partial charge in [-0.3, -0.25) is 14.8 Å². The number of unbranched alkanes of at least 4 members (excludes halogenated alkanes) is 1. The summed E-state index contributed by atoms with van der Waals surface area (Å²) in [6.07, 6.45) is 6.66. The van der Waals surface area contributed by atoms with Gasteiger partial charge < -0.3 is 10.4 Å². The quantitative estimate of drug-likeness (QED) is 0.808. The van der Waals surface area contributed by atoms with E-state index in [1.807, 2.05) is 6.92 Å². The van der Waals surface area contributed by atoms with Crippen LogP contribution in [0.4, 0.5) is 0 Å². The highest BCUT2D eigenvalue weighted by atomic mass is 32.1. The van der Waals surface area contributed by atoms with E-state index in [2.05, 4.69) is 20.3 Å². The van der Waals surface area contributed by atoms with E-state index in [0.717, 1.165) is 12.8 Å². The van der Waals surface area contributed by atoms with E-state index in [4.69, 9.17) is 5.11 Å². The lowest BCUT2D eigenvalue weighted by molar-refractivity contribution is -0.139. The maximum absolute atomic E-state index is 12.1. The lowest BCUT2D eigenvalue weighted by atomic mass is 10.1. The van der Waals surface area contributed by atoms with Crippen molar-refractivity contribution < 1.29 is 14.7 Å². The molecule has 0 aliphatic carbocycles. The number of carbonyl (C=O) groups is 2. The molecule has 2 aromatic heterocycles. The van der Waals surface area contributed by atoms with Crippen LogP contribution in [-0.2, 0) is 4.79 Å². The summed E-state index contributed by atoms with van der Waals surface area (Å²) in [7, 11) is 0. The molecule has 0 saturated heterocycles. The smallest absolute Gasteiger partial charge is 0.326 e. The van der Waals surface area contributed by atoms with Crippen LogP contribution in [0.2, 0.25) is 0 Å². The fourth-order valence-electron chi connectivity index (χ4n) is 1.80. The third-order valence-corrected chi connectivity index (χ3v) is 3.83. The first-order chi connectivity index (χ1) is 10.6. The molecule has 1 amide bonds. The van der Waals surface area contributed by atoms with E-state index in [1.54, 1.807) is 24.0 Å². The number of amides is 1. The largest absolute Gasteiger partial charge is 0.480 e. The van der Waals surface area contributed by atoms with Gasteiger partial charge in [-0.25, -0.2) is 9.78 Å². The van der Waals surface area contributed by atoms with Gasteiger partial charge >= 0.3 is 5.97 Å². The molecule has 0 unspecified atom stereocenters. The zero-order chi connectivity index (χ0) is 15.9. The van der Waals surface area contributed by atoms with E-state index in [1.165, 1.54) is 11.3 Å². The maximum atomic E-state index is 12.1. The summed E-state index contributed by atoms with van der Waals surface area (Å²) >= 11 is 1.26. The Morgan fingerprint density at radius 3 is 2.86 bits per heavy atom. The Morgan fingerprint density at radius 1 is 1.41 bits per heavy atom. The number of aromatic nitrogens is 3. The molecule has 0 fully saturated rings. The van der Waals surface area contributed by atoms with Gasteiger partial charge in [-0.1, -0.05) is 19.8 Å². The molecule has 8 heteroatoms. The van der Waals surface area contributed by atoms with Crippen LogP contribution in [0, 0.1) is 0 Å². The Morgan fingerprint density at radius 2 is 2.23 bits per heavy atom. The molecule has 0 aliphatic heterocycles. The van der Waals surface area contributed by atoms with E-state index in [9.17, 15) is 9.59 Å². The summed E-state index contributed by atoms with van der Waals surface area (Å²) < 4.78 is 0. The summed E-state index contributed by atoms with van der Waals surface area (Å²) in [6, 6.07) is -0.894. The van der Waals surface area contributed by atoms with Gasteiger partial charge in [-0.05, 0) is 6.42 Å². The standard InChI is InChI=1S/C14H16N4O3S/c1-2-3-4-9(14(20)21)17-12(19)11-8-22-13(18-11)10-7-15-5-6-16-10/h5-9H,2-4H2,1H3,(H,17,19)(H,20,21)/t9-/m0/s1. The molecule has 2 heterocycles. The summed E-state index contributed by atoms with van der Waals surface area (Å²) in [5.74, 6) is -1.53. The first-order valence-electron chi connectivity index (χ1n) is 6.87. The topological polar surface area (TPSA) is 105 Å². The van der Waals surface area contributed by atoms with Gasteiger partial charge in [0.25, 0.3) is 5.91 Å². The zero-order valence-electron chi connectivity index (χ0n) is 12.0. The summed E-state index contributed by atoms with van der Waals surface area (Å²) in [6.45, 7) is 1.97. The molecule has 1 atom stereocenters. The third kappa shape index (κ3) is 4.08. The van der Waals surface area contributed by atoms with Crippen molar-refractivity contribution in [2.75, 3.05) is 0 Å². The highest BCUT2D eigenvalue weighted by Gasteiger charge is 2.21. The Bertz CT molecular complexity index is 645. The molecule has 0 bridgehead atoms. The molecular formula is C14H16N4O3S. The molecule has 22 heavy (non-hydrogen) atoms. The van der Waals surface area contributed by atoms with Gasteiger partial charge in [0.15, 0.2) is 0 Å². The van der Waals surface area contributed by atoms with Crippen LogP contribution >= 0.6 is 11.3 Å². The van der Waals surface area contributed by atoms with Crippen LogP contribution in [0.15, 0.2) is 24.0 Å². The normalized spacial score (nSPS) is 11.9. The molecular weight excluding hydrogens is 304 g/mol. The predicted octanol–water partition coefficient (Wildman–Crippen LogP) is 1.97. The second kappa shape index (κ2) is 7.60. The van der Waals surface area contributed by atoms with Crippen molar-refractivity contribution in [2.24, 2.45) is 0 Å². The van der Waals surface area contributed by atoms with Gasteiger partial charge in [-0.15, -0.1) is 11.3 Å². The lowest BCUT2D eigenvalue weighted by Gasteiger charge is -2.12. The minimum atomic E-state index is -1.04. The van der Waals surface area contributed by atoms with Crippen molar-refractivity contribution in [3.05, 3.63) is 29.7 Å². The molecule has 2 N–H and O–H groups in total. The average Bonchev–Trinajstić information content (AvgIpc) is 3.02. The summed E-state index contributed by atoms with van der Waals surface area (Å²) in [5, 5.41) is 13.8. The number of nitrogens with one attached hydrogen (secondary N) is 1. The van der Waals surface area contributed by atoms with Crippen molar-refractivity contribution in [3.8, 4) is 10.7 Å². The number of rotatable bonds is 7. The van der Waals surface area contributed by atoms with Crippen LogP contribution in [0.25, 0.3) is 10.7 Å². The van der Waals surface area contributed by atoms with E-state index < -0.39 is 17.9 Å².